The average molecular weight is 268 g/mol. The van der Waals surface area contributed by atoms with Crippen LogP contribution in [0.25, 0.3) is 0 Å². The lowest BCUT2D eigenvalue weighted by Gasteiger charge is -2.26. The summed E-state index contributed by atoms with van der Waals surface area (Å²) in [6, 6.07) is 0. The summed E-state index contributed by atoms with van der Waals surface area (Å²) in [6.07, 6.45) is 2.19. The summed E-state index contributed by atoms with van der Waals surface area (Å²) in [5, 5.41) is 21.1. The Morgan fingerprint density at radius 1 is 1.58 bits per heavy atom. The molecular weight excluding hydrogens is 248 g/mol. The maximum Gasteiger partial charge on any atom is 0.331 e. The van der Waals surface area contributed by atoms with Gasteiger partial charge in [-0.3, -0.25) is 0 Å². The van der Waals surface area contributed by atoms with Gasteiger partial charge in [-0.1, -0.05) is 13.8 Å². The van der Waals surface area contributed by atoms with Crippen LogP contribution in [0.5, 0.6) is 0 Å². The van der Waals surface area contributed by atoms with E-state index < -0.39 is 11.5 Å². The van der Waals surface area contributed by atoms with E-state index in [0.717, 1.165) is 12.8 Å². The summed E-state index contributed by atoms with van der Waals surface area (Å²) in [5.74, 6) is -0.225. The van der Waals surface area contributed by atoms with Crippen molar-refractivity contribution in [2.24, 2.45) is 0 Å². The zero-order valence-electron chi connectivity index (χ0n) is 11.5. The van der Waals surface area contributed by atoms with Gasteiger partial charge in [0.25, 0.3) is 0 Å². The zero-order chi connectivity index (χ0) is 14.0. The van der Waals surface area contributed by atoms with Crippen molar-refractivity contribution in [1.29, 1.82) is 0 Å². The van der Waals surface area contributed by atoms with Crippen molar-refractivity contribution in [3.8, 4) is 0 Å². The van der Waals surface area contributed by atoms with Crippen LogP contribution in [0.1, 0.15) is 51.8 Å². The summed E-state index contributed by atoms with van der Waals surface area (Å²) in [4.78, 5) is 11.5. The van der Waals surface area contributed by atoms with Crippen LogP contribution in [-0.4, -0.2) is 44.0 Å². The second kappa shape index (κ2) is 5.24. The van der Waals surface area contributed by atoms with Gasteiger partial charge in [0.1, 0.15) is 0 Å². The fourth-order valence-corrected chi connectivity index (χ4v) is 2.51. The van der Waals surface area contributed by atoms with Gasteiger partial charge in [0.05, 0.1) is 6.10 Å². The Hall–Kier alpha value is -1.50. The van der Waals surface area contributed by atoms with Crippen molar-refractivity contribution in [2.45, 2.75) is 57.6 Å². The molecule has 0 bridgehead atoms. The van der Waals surface area contributed by atoms with Crippen LogP contribution in [0.3, 0.4) is 0 Å². The lowest BCUT2D eigenvalue weighted by Crippen LogP contribution is -2.41. The van der Waals surface area contributed by atoms with Gasteiger partial charge in [-0.05, 0) is 36.6 Å². The van der Waals surface area contributed by atoms with E-state index in [1.165, 1.54) is 4.68 Å². The number of ether oxygens (including phenoxy) is 1. The highest BCUT2D eigenvalue weighted by Crippen LogP contribution is 2.34. The summed E-state index contributed by atoms with van der Waals surface area (Å²) >= 11 is 0. The van der Waals surface area contributed by atoms with Gasteiger partial charge in [0, 0.05) is 12.5 Å². The van der Waals surface area contributed by atoms with Gasteiger partial charge in [0.2, 0.25) is 0 Å². The molecular formula is C12H20N4O3. The Bertz CT molecular complexity index is 462. The highest BCUT2D eigenvalue weighted by atomic mass is 16.5. The molecule has 3 atom stereocenters. The minimum atomic E-state index is -1.11. The van der Waals surface area contributed by atoms with Gasteiger partial charge >= 0.3 is 5.97 Å². The Balaban J connectivity index is 2.39. The van der Waals surface area contributed by atoms with Crippen molar-refractivity contribution in [3.63, 3.8) is 0 Å². The summed E-state index contributed by atoms with van der Waals surface area (Å²) < 4.78 is 7.10. The number of hydrogen-bond donors (Lipinski definition) is 1. The van der Waals surface area contributed by atoms with E-state index >= 15 is 0 Å². The molecule has 19 heavy (non-hydrogen) atoms. The van der Waals surface area contributed by atoms with Crippen LogP contribution in [0.15, 0.2) is 0 Å². The van der Waals surface area contributed by atoms with Crippen LogP contribution >= 0.6 is 0 Å². The van der Waals surface area contributed by atoms with Crippen molar-refractivity contribution in [2.75, 3.05) is 6.61 Å². The number of tetrazole rings is 1. The lowest BCUT2D eigenvalue weighted by atomic mass is 9.95. The maximum atomic E-state index is 11.5. The third kappa shape index (κ3) is 2.22. The Morgan fingerprint density at radius 2 is 2.32 bits per heavy atom. The van der Waals surface area contributed by atoms with Gasteiger partial charge in [0.15, 0.2) is 11.4 Å². The first kappa shape index (κ1) is 13.9. The number of rotatable bonds is 5. The first-order valence-electron chi connectivity index (χ1n) is 6.68. The number of aliphatic carboxylic acids is 1. The molecule has 2 rings (SSSR count). The molecule has 0 aromatic carbocycles. The van der Waals surface area contributed by atoms with Crippen molar-refractivity contribution < 1.29 is 14.6 Å². The highest BCUT2D eigenvalue weighted by molar-refractivity contribution is 5.76. The number of carbonyl (C=O) groups is 1. The fourth-order valence-electron chi connectivity index (χ4n) is 2.51. The van der Waals surface area contributed by atoms with Gasteiger partial charge in [-0.15, -0.1) is 5.10 Å². The molecule has 1 fully saturated rings. The van der Waals surface area contributed by atoms with Crippen molar-refractivity contribution in [3.05, 3.63) is 5.82 Å². The fraction of sp³-hybridized carbons (Fsp3) is 0.833. The molecule has 1 aliphatic rings. The predicted molar refractivity (Wildman–Crippen MR) is 66.8 cm³/mol. The summed E-state index contributed by atoms with van der Waals surface area (Å²) in [5.41, 5.74) is -1.11. The minimum Gasteiger partial charge on any atom is -0.479 e. The molecule has 1 aromatic rings. The summed E-state index contributed by atoms with van der Waals surface area (Å²) in [7, 11) is 0. The molecule has 1 aromatic heterocycles. The standard InChI is InChI=1S/C12H20N4O3/c1-4-9-8(6-7-19-9)10-13-14-15-16(10)12(3,5-2)11(17)18/h8-9H,4-7H2,1-3H3,(H,17,18). The Morgan fingerprint density at radius 3 is 2.89 bits per heavy atom. The maximum absolute atomic E-state index is 11.5. The second-order valence-electron chi connectivity index (χ2n) is 5.09. The van der Waals surface area contributed by atoms with Gasteiger partial charge in [-0.2, -0.15) is 0 Å². The third-order valence-electron chi connectivity index (χ3n) is 4.05. The molecule has 1 N–H and O–H groups in total. The van der Waals surface area contributed by atoms with E-state index in [1.807, 2.05) is 13.8 Å². The number of carboxylic acids is 1. The monoisotopic (exact) mass is 268 g/mol. The smallest absolute Gasteiger partial charge is 0.331 e. The molecule has 0 aliphatic carbocycles. The molecule has 3 unspecified atom stereocenters. The summed E-state index contributed by atoms with van der Waals surface area (Å²) in [6.45, 7) is 6.19. The minimum absolute atomic E-state index is 0.0691. The average Bonchev–Trinajstić information content (AvgIpc) is 3.04. The van der Waals surface area contributed by atoms with E-state index in [0.29, 0.717) is 18.9 Å². The van der Waals surface area contributed by atoms with Crippen LogP contribution in [-0.2, 0) is 15.1 Å². The van der Waals surface area contributed by atoms with E-state index in [4.69, 9.17) is 4.74 Å². The van der Waals surface area contributed by atoms with E-state index in [-0.39, 0.29) is 12.0 Å². The molecule has 0 spiro atoms. The SMILES string of the molecule is CCC1OCCC1c1nnnn1C(C)(CC)C(=O)O. The lowest BCUT2D eigenvalue weighted by molar-refractivity contribution is -0.147. The molecule has 7 nitrogen and oxygen atoms in total. The first-order valence-corrected chi connectivity index (χ1v) is 6.68. The van der Waals surface area contributed by atoms with E-state index in [1.54, 1.807) is 6.92 Å². The van der Waals surface area contributed by atoms with E-state index in [2.05, 4.69) is 15.5 Å². The highest BCUT2D eigenvalue weighted by Gasteiger charge is 2.41. The van der Waals surface area contributed by atoms with Crippen LogP contribution < -0.4 is 0 Å². The second-order valence-corrected chi connectivity index (χ2v) is 5.09. The largest absolute Gasteiger partial charge is 0.479 e. The molecule has 7 heteroatoms. The topological polar surface area (TPSA) is 90.1 Å². The predicted octanol–water partition coefficient (Wildman–Crippen LogP) is 1.17. The van der Waals surface area contributed by atoms with Gasteiger partial charge in [-0.25, -0.2) is 9.48 Å². The van der Waals surface area contributed by atoms with Crippen LogP contribution in [0, 0.1) is 0 Å². The van der Waals surface area contributed by atoms with Gasteiger partial charge < -0.3 is 9.84 Å². The molecule has 0 radical (unpaired) electrons. The van der Waals surface area contributed by atoms with E-state index in [9.17, 15) is 9.90 Å². The Kier molecular flexibility index (Phi) is 3.84. The number of hydrogen-bond acceptors (Lipinski definition) is 5. The number of carboxylic acid groups (broad SMARTS) is 1. The molecule has 0 saturated carbocycles. The normalized spacial score (nSPS) is 26.3. The molecule has 0 amide bonds. The number of aromatic nitrogens is 4. The molecule has 1 saturated heterocycles. The van der Waals surface area contributed by atoms with Crippen molar-refractivity contribution in [1.82, 2.24) is 20.2 Å². The Labute approximate surface area is 111 Å². The molecule has 1 aliphatic heterocycles. The zero-order valence-corrected chi connectivity index (χ0v) is 11.5. The van der Waals surface area contributed by atoms with Crippen LogP contribution in [0.4, 0.5) is 0 Å². The third-order valence-corrected chi connectivity index (χ3v) is 4.05. The molecule has 106 valence electrons. The quantitative estimate of drug-likeness (QED) is 0.862. The molecule has 2 heterocycles. The van der Waals surface area contributed by atoms with Crippen LogP contribution in [0.2, 0.25) is 0 Å². The number of nitrogens with zero attached hydrogens (tertiary/aromatic N) is 4. The van der Waals surface area contributed by atoms with Crippen molar-refractivity contribution >= 4 is 5.97 Å². The first-order chi connectivity index (χ1) is 9.04.